The van der Waals surface area contributed by atoms with E-state index >= 15 is 0 Å². The van der Waals surface area contributed by atoms with E-state index in [0.29, 0.717) is 24.0 Å². The third-order valence-electron chi connectivity index (χ3n) is 7.19. The molecule has 26 heavy (non-hydrogen) atoms. The van der Waals surface area contributed by atoms with Gasteiger partial charge in [-0.2, -0.15) is 0 Å². The summed E-state index contributed by atoms with van der Waals surface area (Å²) in [5, 5.41) is 0. The zero-order chi connectivity index (χ0) is 18.7. The van der Waals surface area contributed by atoms with Gasteiger partial charge in [-0.15, -0.1) is 0 Å². The Morgan fingerprint density at radius 1 is 1.08 bits per heavy atom. The molecule has 4 heteroatoms. The predicted octanol–water partition coefficient (Wildman–Crippen LogP) is 4.34. The number of rotatable bonds is 2. The monoisotopic (exact) mass is 358 g/mol. The van der Waals surface area contributed by atoms with Crippen molar-refractivity contribution in [2.45, 2.75) is 77.4 Å². The second-order valence-corrected chi connectivity index (χ2v) is 9.81. The van der Waals surface area contributed by atoms with Crippen molar-refractivity contribution < 1.29 is 19.4 Å². The smallest absolute Gasteiger partial charge is 0.178 e. The number of Topliss-reactive ketones (excluding diaryl/α,β-unsaturated/α-hetero) is 1. The van der Waals surface area contributed by atoms with Crippen molar-refractivity contribution in [3.8, 4) is 0 Å². The maximum Gasteiger partial charge on any atom is 0.178 e. The Labute approximate surface area is 155 Å². The van der Waals surface area contributed by atoms with Gasteiger partial charge in [-0.25, -0.2) is 9.78 Å². The van der Waals surface area contributed by atoms with Crippen molar-refractivity contribution in [2.75, 3.05) is 0 Å². The van der Waals surface area contributed by atoms with E-state index < -0.39 is 11.2 Å². The molecule has 3 saturated carbocycles. The van der Waals surface area contributed by atoms with Crippen molar-refractivity contribution in [1.82, 2.24) is 0 Å². The van der Waals surface area contributed by atoms with Crippen molar-refractivity contribution in [3.05, 3.63) is 23.8 Å². The van der Waals surface area contributed by atoms with E-state index in [1.807, 2.05) is 26.8 Å². The summed E-state index contributed by atoms with van der Waals surface area (Å²) in [6.45, 7) is 8.09. The molecule has 5 atom stereocenters. The van der Waals surface area contributed by atoms with E-state index in [1.54, 1.807) is 12.2 Å². The predicted molar refractivity (Wildman–Crippen MR) is 98.2 cm³/mol. The van der Waals surface area contributed by atoms with Crippen LogP contribution in [-0.4, -0.2) is 22.8 Å². The summed E-state index contributed by atoms with van der Waals surface area (Å²) in [6, 6.07) is 0. The van der Waals surface area contributed by atoms with Gasteiger partial charge >= 0.3 is 0 Å². The second-order valence-electron chi connectivity index (χ2n) is 9.81. The molecule has 0 unspecified atom stereocenters. The van der Waals surface area contributed by atoms with Gasteiger partial charge in [0.05, 0.1) is 5.60 Å². The molecule has 0 aliphatic heterocycles. The molecular weight excluding hydrogens is 328 g/mol. The second kappa shape index (κ2) is 5.87. The molecule has 4 aliphatic carbocycles. The molecule has 0 aromatic carbocycles. The molecule has 0 radical (unpaired) electrons. The number of fused-ring (bicyclic) bond motifs is 5. The van der Waals surface area contributed by atoms with Crippen molar-refractivity contribution in [2.24, 2.45) is 23.2 Å². The van der Waals surface area contributed by atoms with Crippen molar-refractivity contribution in [1.29, 1.82) is 0 Å². The van der Waals surface area contributed by atoms with Crippen LogP contribution in [0, 0.1) is 23.2 Å². The highest BCUT2D eigenvalue weighted by atomic mass is 17.2. The highest BCUT2D eigenvalue weighted by molar-refractivity contribution is 6.01. The Morgan fingerprint density at radius 3 is 2.58 bits per heavy atom. The maximum atomic E-state index is 12.5. The van der Waals surface area contributed by atoms with Gasteiger partial charge in [0.15, 0.2) is 5.78 Å². The average Bonchev–Trinajstić information content (AvgIpc) is 2.88. The van der Waals surface area contributed by atoms with E-state index in [-0.39, 0.29) is 17.1 Å². The first-order valence-corrected chi connectivity index (χ1v) is 10.0. The van der Waals surface area contributed by atoms with Crippen LogP contribution in [0.2, 0.25) is 0 Å². The quantitative estimate of drug-likeness (QED) is 0.544. The average molecular weight is 358 g/mol. The topological polar surface area (TPSA) is 52.6 Å². The van der Waals surface area contributed by atoms with Gasteiger partial charge in [-0.3, -0.25) is 9.59 Å². The summed E-state index contributed by atoms with van der Waals surface area (Å²) in [4.78, 5) is 36.5. The minimum Gasteiger partial charge on any atom is -0.299 e. The third-order valence-corrected chi connectivity index (χ3v) is 7.19. The molecule has 0 saturated heterocycles. The zero-order valence-electron chi connectivity index (χ0n) is 16.3. The van der Waals surface area contributed by atoms with Gasteiger partial charge in [0.1, 0.15) is 11.4 Å². The Hall–Kier alpha value is -1.26. The fourth-order valence-electron chi connectivity index (χ4n) is 5.93. The molecule has 3 fully saturated rings. The first-order chi connectivity index (χ1) is 12.2. The first kappa shape index (κ1) is 18.1. The summed E-state index contributed by atoms with van der Waals surface area (Å²) in [6.07, 6.45) is 10.7. The number of carbonyl (C=O) groups is 2. The number of allylic oxidation sites excluding steroid dienone is 2. The molecule has 0 spiro atoms. The summed E-state index contributed by atoms with van der Waals surface area (Å²) in [5.74, 6) is 1.61. The Balaban J connectivity index is 1.71. The Morgan fingerprint density at radius 2 is 1.85 bits per heavy atom. The zero-order valence-corrected chi connectivity index (χ0v) is 16.3. The molecule has 4 nitrogen and oxygen atoms in total. The van der Waals surface area contributed by atoms with Crippen molar-refractivity contribution in [3.63, 3.8) is 0 Å². The number of hydrogen-bond acceptors (Lipinski definition) is 4. The normalized spacial score (nSPS) is 42.2. The summed E-state index contributed by atoms with van der Waals surface area (Å²) >= 11 is 0. The number of ketones is 2. The van der Waals surface area contributed by atoms with Crippen LogP contribution in [0.4, 0.5) is 0 Å². The fraction of sp³-hybridized carbons (Fsp3) is 0.727. The van der Waals surface area contributed by atoms with E-state index in [1.165, 1.54) is 0 Å². The first-order valence-electron chi connectivity index (χ1n) is 10.0. The summed E-state index contributed by atoms with van der Waals surface area (Å²) in [7, 11) is 0. The lowest BCUT2D eigenvalue weighted by atomic mass is 9.51. The standard InChI is InChI=1S/C22H30O4/c1-20(2,3)25-26-22-12-9-15(23)13-14(22)5-6-16-17-7-8-19(24)21(17,4)11-10-18(16)22/h9,12-13,16-18H,5-8,10-11H2,1-4H3/t16-,17-,18-,21-,22-/m0/s1. The molecule has 0 amide bonds. The largest absolute Gasteiger partial charge is 0.299 e. The molecule has 0 aromatic rings. The highest BCUT2D eigenvalue weighted by Crippen LogP contribution is 2.62. The SMILES string of the molecule is CC(C)(C)OO[C@@]12C=CC(=O)C=C1CC[C@@H]1[C@@H]2CC[C@]2(C)C(=O)CC[C@@H]12. The van der Waals surface area contributed by atoms with Crippen LogP contribution in [0.3, 0.4) is 0 Å². The Kier molecular flexibility index (Phi) is 4.09. The van der Waals surface area contributed by atoms with Gasteiger partial charge in [-0.1, -0.05) is 6.92 Å². The molecule has 142 valence electrons. The molecule has 4 rings (SSSR count). The minimum absolute atomic E-state index is 0.0325. The van der Waals surface area contributed by atoms with E-state index in [0.717, 1.165) is 37.7 Å². The molecular formula is C22H30O4. The van der Waals surface area contributed by atoms with Crippen LogP contribution in [0.25, 0.3) is 0 Å². The molecule has 0 bridgehead atoms. The van der Waals surface area contributed by atoms with Gasteiger partial charge < -0.3 is 0 Å². The van der Waals surface area contributed by atoms with Crippen LogP contribution in [0.15, 0.2) is 23.8 Å². The highest BCUT2D eigenvalue weighted by Gasteiger charge is 2.61. The minimum atomic E-state index is -0.656. The lowest BCUT2D eigenvalue weighted by molar-refractivity contribution is -0.401. The van der Waals surface area contributed by atoms with Crippen LogP contribution in [0.5, 0.6) is 0 Å². The van der Waals surface area contributed by atoms with Crippen LogP contribution in [-0.2, 0) is 19.4 Å². The molecule has 0 aromatic heterocycles. The van der Waals surface area contributed by atoms with Crippen molar-refractivity contribution >= 4 is 11.6 Å². The molecule has 0 heterocycles. The maximum absolute atomic E-state index is 12.5. The van der Waals surface area contributed by atoms with Gasteiger partial charge in [0.2, 0.25) is 0 Å². The van der Waals surface area contributed by atoms with E-state index in [9.17, 15) is 9.59 Å². The fourth-order valence-corrected chi connectivity index (χ4v) is 5.93. The van der Waals surface area contributed by atoms with E-state index in [4.69, 9.17) is 9.78 Å². The van der Waals surface area contributed by atoms with Crippen LogP contribution in [0.1, 0.15) is 66.2 Å². The number of hydrogen-bond donors (Lipinski definition) is 0. The van der Waals surface area contributed by atoms with E-state index in [2.05, 4.69) is 6.92 Å². The summed E-state index contributed by atoms with van der Waals surface area (Å²) in [5.41, 5.74) is -0.197. The van der Waals surface area contributed by atoms with Gasteiger partial charge in [0.25, 0.3) is 0 Å². The van der Waals surface area contributed by atoms with Gasteiger partial charge in [0, 0.05) is 17.8 Å². The van der Waals surface area contributed by atoms with Crippen LogP contribution >= 0.6 is 0 Å². The number of carbonyl (C=O) groups excluding carboxylic acids is 2. The van der Waals surface area contributed by atoms with Gasteiger partial charge in [-0.05, 0) is 88.5 Å². The molecule has 0 N–H and O–H groups in total. The lowest BCUT2D eigenvalue weighted by Gasteiger charge is -2.55. The lowest BCUT2D eigenvalue weighted by Crippen LogP contribution is -2.55. The van der Waals surface area contributed by atoms with Crippen LogP contribution < -0.4 is 0 Å². The summed E-state index contributed by atoms with van der Waals surface area (Å²) < 4.78 is 0. The third kappa shape index (κ3) is 2.65. The molecule has 4 aliphatic rings. The Bertz CT molecular complexity index is 697.